The maximum absolute atomic E-state index is 6.06. The van der Waals surface area contributed by atoms with Crippen LogP contribution in [0.1, 0.15) is 18.7 Å². The molecule has 5 heteroatoms. The van der Waals surface area contributed by atoms with Gasteiger partial charge in [0.2, 0.25) is 0 Å². The summed E-state index contributed by atoms with van der Waals surface area (Å²) in [6, 6.07) is 0. The van der Waals surface area contributed by atoms with Crippen molar-refractivity contribution in [3.63, 3.8) is 0 Å². The second kappa shape index (κ2) is 3.75. The Kier molecular flexibility index (Phi) is 2.61. The van der Waals surface area contributed by atoms with Crippen LogP contribution in [0.25, 0.3) is 0 Å². The highest BCUT2D eigenvalue weighted by Crippen LogP contribution is 2.38. The summed E-state index contributed by atoms with van der Waals surface area (Å²) in [5.41, 5.74) is 0. The maximum atomic E-state index is 6.06. The predicted octanol–water partition coefficient (Wildman–Crippen LogP) is 2.78. The van der Waals surface area contributed by atoms with E-state index in [4.69, 9.17) is 23.2 Å². The van der Waals surface area contributed by atoms with E-state index in [0.29, 0.717) is 10.1 Å². The molecule has 0 amide bonds. The topological polar surface area (TPSA) is 41.6 Å². The number of nitrogens with zero attached hydrogens (tertiary/aromatic N) is 2. The number of allylic oxidation sites excluding steroid dienone is 4. The summed E-state index contributed by atoms with van der Waals surface area (Å²) >= 11 is 12.0. The van der Waals surface area contributed by atoms with Crippen LogP contribution in [0.4, 0.5) is 0 Å². The number of nitrogens with one attached hydrogen (secondary N) is 1. The SMILES string of the molecule is CC1C(Cl)=C(Cl)C=CC1c1ncn[nH]1. The van der Waals surface area contributed by atoms with Gasteiger partial charge in [-0.15, -0.1) is 0 Å². The molecular weight excluding hydrogens is 221 g/mol. The number of H-pyrrole nitrogens is 1. The largest absolute Gasteiger partial charge is 0.263 e. The molecule has 74 valence electrons. The first kappa shape index (κ1) is 9.74. The van der Waals surface area contributed by atoms with Gasteiger partial charge < -0.3 is 0 Å². The molecule has 2 atom stereocenters. The minimum atomic E-state index is 0.132. The van der Waals surface area contributed by atoms with Gasteiger partial charge in [0, 0.05) is 16.9 Å². The van der Waals surface area contributed by atoms with Gasteiger partial charge in [0.25, 0.3) is 0 Å². The van der Waals surface area contributed by atoms with Crippen LogP contribution in [-0.2, 0) is 0 Å². The van der Waals surface area contributed by atoms with Crippen molar-refractivity contribution < 1.29 is 0 Å². The number of rotatable bonds is 1. The summed E-state index contributed by atoms with van der Waals surface area (Å²) in [4.78, 5) is 4.11. The Balaban J connectivity index is 2.31. The molecule has 0 bridgehead atoms. The third-order valence-corrected chi connectivity index (χ3v) is 3.34. The standard InChI is InChI=1S/C9H9Cl2N3/c1-5-6(9-12-4-13-14-9)2-3-7(10)8(5)11/h2-6H,1H3,(H,12,13,14). The van der Waals surface area contributed by atoms with Crippen molar-refractivity contribution in [2.24, 2.45) is 5.92 Å². The highest BCUT2D eigenvalue weighted by molar-refractivity contribution is 6.40. The lowest BCUT2D eigenvalue weighted by Crippen LogP contribution is -2.13. The zero-order valence-corrected chi connectivity index (χ0v) is 9.05. The average Bonchev–Trinajstić information content (AvgIpc) is 2.67. The lowest BCUT2D eigenvalue weighted by atomic mass is 9.89. The monoisotopic (exact) mass is 229 g/mol. The van der Waals surface area contributed by atoms with Crippen LogP contribution in [0.3, 0.4) is 0 Å². The second-order valence-electron chi connectivity index (χ2n) is 3.24. The fourth-order valence-corrected chi connectivity index (χ4v) is 1.96. The third kappa shape index (κ3) is 1.57. The lowest BCUT2D eigenvalue weighted by Gasteiger charge is -2.22. The number of halogens is 2. The molecular formula is C9H9Cl2N3. The fraction of sp³-hybridized carbons (Fsp3) is 0.333. The van der Waals surface area contributed by atoms with Gasteiger partial charge in [0.15, 0.2) is 0 Å². The van der Waals surface area contributed by atoms with Crippen LogP contribution in [0, 0.1) is 5.92 Å². The quantitative estimate of drug-likeness (QED) is 0.805. The van der Waals surface area contributed by atoms with E-state index in [2.05, 4.69) is 15.2 Å². The third-order valence-electron chi connectivity index (χ3n) is 2.37. The first-order valence-electron chi connectivity index (χ1n) is 4.28. The van der Waals surface area contributed by atoms with Crippen LogP contribution in [0.5, 0.6) is 0 Å². The number of hydrogen-bond acceptors (Lipinski definition) is 2. The smallest absolute Gasteiger partial charge is 0.137 e. The summed E-state index contributed by atoms with van der Waals surface area (Å²) in [7, 11) is 0. The molecule has 0 spiro atoms. The highest BCUT2D eigenvalue weighted by Gasteiger charge is 2.26. The van der Waals surface area contributed by atoms with Gasteiger partial charge in [0.05, 0.1) is 5.03 Å². The van der Waals surface area contributed by atoms with Gasteiger partial charge in [-0.05, 0) is 6.08 Å². The van der Waals surface area contributed by atoms with E-state index in [0.717, 1.165) is 5.82 Å². The van der Waals surface area contributed by atoms with E-state index in [1.165, 1.54) is 6.33 Å². The minimum Gasteiger partial charge on any atom is -0.263 e. The average molecular weight is 230 g/mol. The highest BCUT2D eigenvalue weighted by atomic mass is 35.5. The van der Waals surface area contributed by atoms with Gasteiger partial charge in [-0.25, -0.2) is 4.98 Å². The van der Waals surface area contributed by atoms with Crippen LogP contribution < -0.4 is 0 Å². The molecule has 1 aliphatic rings. The molecule has 0 aliphatic heterocycles. The second-order valence-corrected chi connectivity index (χ2v) is 4.05. The van der Waals surface area contributed by atoms with Gasteiger partial charge >= 0.3 is 0 Å². The number of hydrogen-bond donors (Lipinski definition) is 1. The summed E-state index contributed by atoms with van der Waals surface area (Å²) in [6.07, 6.45) is 5.28. The zero-order valence-electron chi connectivity index (χ0n) is 7.54. The van der Waals surface area contributed by atoms with E-state index < -0.39 is 0 Å². The molecule has 2 rings (SSSR count). The van der Waals surface area contributed by atoms with Crippen LogP contribution in [0.15, 0.2) is 28.5 Å². The van der Waals surface area contributed by atoms with Gasteiger partial charge in [-0.3, -0.25) is 5.10 Å². The van der Waals surface area contributed by atoms with Crippen LogP contribution >= 0.6 is 23.2 Å². The first-order valence-corrected chi connectivity index (χ1v) is 5.04. The molecule has 0 fully saturated rings. The Hall–Kier alpha value is -0.800. The van der Waals surface area contributed by atoms with Gasteiger partial charge in [-0.1, -0.05) is 36.2 Å². The Morgan fingerprint density at radius 2 is 2.21 bits per heavy atom. The first-order chi connectivity index (χ1) is 6.70. The molecule has 1 aromatic heterocycles. The Bertz CT molecular complexity index is 381. The van der Waals surface area contributed by atoms with Crippen molar-refractivity contribution in [3.8, 4) is 0 Å². The van der Waals surface area contributed by atoms with Gasteiger partial charge in [-0.2, -0.15) is 5.10 Å². The summed E-state index contributed by atoms with van der Waals surface area (Å²) in [5.74, 6) is 1.09. The summed E-state index contributed by atoms with van der Waals surface area (Å²) < 4.78 is 0. The fourth-order valence-electron chi connectivity index (χ4n) is 1.51. The van der Waals surface area contributed by atoms with Crippen LogP contribution in [-0.4, -0.2) is 15.2 Å². The molecule has 1 heterocycles. The summed E-state index contributed by atoms with van der Waals surface area (Å²) in [5, 5.41) is 7.93. The van der Waals surface area contributed by atoms with Crippen molar-refractivity contribution in [1.82, 2.24) is 15.2 Å². The molecule has 0 saturated heterocycles. The van der Waals surface area contributed by atoms with Crippen molar-refractivity contribution in [1.29, 1.82) is 0 Å². The molecule has 1 aromatic rings. The maximum Gasteiger partial charge on any atom is 0.137 e. The Labute approximate surface area is 91.8 Å². The minimum absolute atomic E-state index is 0.132. The predicted molar refractivity (Wildman–Crippen MR) is 56.2 cm³/mol. The molecule has 2 unspecified atom stereocenters. The van der Waals surface area contributed by atoms with Crippen molar-refractivity contribution in [3.05, 3.63) is 34.4 Å². The van der Waals surface area contributed by atoms with E-state index >= 15 is 0 Å². The molecule has 14 heavy (non-hydrogen) atoms. The molecule has 3 nitrogen and oxygen atoms in total. The molecule has 0 radical (unpaired) electrons. The van der Waals surface area contributed by atoms with E-state index in [1.807, 2.05) is 13.0 Å². The summed E-state index contributed by atoms with van der Waals surface area (Å²) in [6.45, 7) is 2.02. The van der Waals surface area contributed by atoms with Crippen LogP contribution in [0.2, 0.25) is 0 Å². The number of aromatic nitrogens is 3. The normalized spacial score (nSPS) is 27.1. The molecule has 1 aliphatic carbocycles. The lowest BCUT2D eigenvalue weighted by molar-refractivity contribution is 0.592. The van der Waals surface area contributed by atoms with E-state index in [-0.39, 0.29) is 11.8 Å². The Morgan fingerprint density at radius 1 is 1.43 bits per heavy atom. The number of aromatic amines is 1. The van der Waals surface area contributed by atoms with Crippen molar-refractivity contribution in [2.45, 2.75) is 12.8 Å². The zero-order chi connectivity index (χ0) is 10.1. The molecule has 1 N–H and O–H groups in total. The van der Waals surface area contributed by atoms with E-state index in [9.17, 15) is 0 Å². The van der Waals surface area contributed by atoms with Crippen molar-refractivity contribution in [2.75, 3.05) is 0 Å². The molecule has 0 aromatic carbocycles. The van der Waals surface area contributed by atoms with Crippen molar-refractivity contribution >= 4 is 23.2 Å². The van der Waals surface area contributed by atoms with E-state index in [1.54, 1.807) is 6.08 Å². The van der Waals surface area contributed by atoms with Gasteiger partial charge in [0.1, 0.15) is 12.2 Å². The molecule has 0 saturated carbocycles. The Morgan fingerprint density at radius 3 is 2.86 bits per heavy atom.